The second kappa shape index (κ2) is 7.37. The lowest BCUT2D eigenvalue weighted by molar-refractivity contribution is -0.142. The molecule has 1 N–H and O–H groups in total. The molecule has 0 aromatic carbocycles. The van der Waals surface area contributed by atoms with Crippen LogP contribution < -0.4 is 0 Å². The molecule has 6 heteroatoms. The zero-order valence-electron chi connectivity index (χ0n) is 13.4. The van der Waals surface area contributed by atoms with Crippen molar-refractivity contribution < 1.29 is 19.1 Å². The van der Waals surface area contributed by atoms with E-state index in [1.807, 2.05) is 16.8 Å². The highest BCUT2D eigenvalue weighted by Crippen LogP contribution is 2.19. The first-order valence-electron chi connectivity index (χ1n) is 7.30. The SMILES string of the molecule is CC(=O)c1c(C)[nH]c(C(=O)COC(=O)CCc2ccsc2)c1C. The monoisotopic (exact) mass is 333 g/mol. The minimum atomic E-state index is -0.405. The molecule has 0 saturated heterocycles. The number of ketones is 2. The van der Waals surface area contributed by atoms with Crippen molar-refractivity contribution in [3.05, 3.63) is 44.9 Å². The van der Waals surface area contributed by atoms with Crippen molar-refractivity contribution in [2.24, 2.45) is 0 Å². The number of hydrogen-bond acceptors (Lipinski definition) is 5. The smallest absolute Gasteiger partial charge is 0.306 e. The van der Waals surface area contributed by atoms with Crippen molar-refractivity contribution in [1.82, 2.24) is 4.98 Å². The van der Waals surface area contributed by atoms with Gasteiger partial charge < -0.3 is 9.72 Å². The molecule has 2 rings (SSSR count). The van der Waals surface area contributed by atoms with E-state index in [-0.39, 0.29) is 24.6 Å². The summed E-state index contributed by atoms with van der Waals surface area (Å²) in [6.45, 7) is 4.60. The molecule has 0 aliphatic carbocycles. The fraction of sp³-hybridized carbons (Fsp3) is 0.353. The first kappa shape index (κ1) is 17.1. The Balaban J connectivity index is 1.91. The fourth-order valence-corrected chi connectivity index (χ4v) is 3.23. The number of aromatic nitrogens is 1. The van der Waals surface area contributed by atoms with Gasteiger partial charge in [0.05, 0.1) is 5.69 Å². The van der Waals surface area contributed by atoms with E-state index in [0.29, 0.717) is 28.9 Å². The summed E-state index contributed by atoms with van der Waals surface area (Å²) < 4.78 is 5.03. The first-order valence-corrected chi connectivity index (χ1v) is 8.24. The van der Waals surface area contributed by atoms with Gasteiger partial charge in [0.1, 0.15) is 0 Å². The van der Waals surface area contributed by atoms with Gasteiger partial charge in [-0.3, -0.25) is 14.4 Å². The lowest BCUT2D eigenvalue weighted by Gasteiger charge is -2.04. The Morgan fingerprint density at radius 2 is 2.00 bits per heavy atom. The van der Waals surface area contributed by atoms with E-state index < -0.39 is 5.97 Å². The summed E-state index contributed by atoms with van der Waals surface area (Å²) in [6.07, 6.45) is 0.844. The van der Waals surface area contributed by atoms with Crippen LogP contribution in [0, 0.1) is 13.8 Å². The Labute approximate surface area is 138 Å². The summed E-state index contributed by atoms with van der Waals surface area (Å²) in [4.78, 5) is 38.4. The molecule has 2 aromatic heterocycles. The van der Waals surface area contributed by atoms with Crippen LogP contribution in [0.15, 0.2) is 16.8 Å². The average molecular weight is 333 g/mol. The van der Waals surface area contributed by atoms with Gasteiger partial charge in [0, 0.05) is 17.7 Å². The van der Waals surface area contributed by atoms with Gasteiger partial charge in [0.15, 0.2) is 12.4 Å². The molecule has 122 valence electrons. The zero-order chi connectivity index (χ0) is 17.0. The van der Waals surface area contributed by atoms with E-state index in [9.17, 15) is 14.4 Å². The summed E-state index contributed by atoms with van der Waals surface area (Å²) in [5.74, 6) is -0.831. The van der Waals surface area contributed by atoms with Gasteiger partial charge >= 0.3 is 5.97 Å². The Hall–Kier alpha value is -2.21. The second-order valence-corrected chi connectivity index (χ2v) is 6.18. The lowest BCUT2D eigenvalue weighted by Crippen LogP contribution is -2.15. The fourth-order valence-electron chi connectivity index (χ4n) is 2.53. The maximum Gasteiger partial charge on any atom is 0.306 e. The molecule has 5 nitrogen and oxygen atoms in total. The predicted octanol–water partition coefficient (Wildman–Crippen LogP) is 3.25. The molecule has 0 atom stereocenters. The second-order valence-electron chi connectivity index (χ2n) is 5.40. The van der Waals surface area contributed by atoms with Crippen LogP contribution in [-0.4, -0.2) is 29.1 Å². The molecule has 0 aliphatic rings. The highest BCUT2D eigenvalue weighted by molar-refractivity contribution is 7.07. The standard InChI is InChI=1S/C17H19NO4S/c1-10-16(12(3)19)11(2)18-17(10)14(20)8-22-15(21)5-4-13-6-7-23-9-13/h6-7,9,18H,4-5,8H2,1-3H3. The van der Waals surface area contributed by atoms with Gasteiger partial charge in [-0.15, -0.1) is 0 Å². The lowest BCUT2D eigenvalue weighted by atomic mass is 10.1. The van der Waals surface area contributed by atoms with Crippen molar-refractivity contribution in [1.29, 1.82) is 0 Å². The Kier molecular flexibility index (Phi) is 5.50. The topological polar surface area (TPSA) is 76.2 Å². The van der Waals surface area contributed by atoms with E-state index >= 15 is 0 Å². The number of nitrogens with one attached hydrogen (secondary N) is 1. The number of esters is 1. The molecule has 0 unspecified atom stereocenters. The number of carbonyl (C=O) groups excluding carboxylic acids is 3. The van der Waals surface area contributed by atoms with Gasteiger partial charge in [-0.2, -0.15) is 11.3 Å². The number of Topliss-reactive ketones (excluding diaryl/α,β-unsaturated/α-hetero) is 2. The Morgan fingerprint density at radius 3 is 2.57 bits per heavy atom. The van der Waals surface area contributed by atoms with Crippen LogP contribution >= 0.6 is 11.3 Å². The number of H-pyrrole nitrogens is 1. The predicted molar refractivity (Wildman–Crippen MR) is 88.2 cm³/mol. The molecule has 0 amide bonds. The van der Waals surface area contributed by atoms with E-state index in [4.69, 9.17) is 4.74 Å². The van der Waals surface area contributed by atoms with Gasteiger partial charge in [0.2, 0.25) is 5.78 Å². The molecule has 0 saturated carbocycles. The van der Waals surface area contributed by atoms with Crippen LogP contribution in [0.4, 0.5) is 0 Å². The third kappa shape index (κ3) is 4.16. The molecule has 0 radical (unpaired) electrons. The van der Waals surface area contributed by atoms with Gasteiger partial charge in [-0.25, -0.2) is 0 Å². The van der Waals surface area contributed by atoms with Crippen LogP contribution in [0.1, 0.15) is 51.0 Å². The van der Waals surface area contributed by atoms with E-state index in [1.165, 1.54) is 6.92 Å². The van der Waals surface area contributed by atoms with E-state index in [1.54, 1.807) is 25.2 Å². The maximum atomic E-state index is 12.2. The number of ether oxygens (including phenoxy) is 1. The van der Waals surface area contributed by atoms with Crippen LogP contribution in [0.2, 0.25) is 0 Å². The quantitative estimate of drug-likeness (QED) is 0.623. The summed E-state index contributed by atoms with van der Waals surface area (Å²) >= 11 is 1.58. The highest BCUT2D eigenvalue weighted by Gasteiger charge is 2.20. The minimum absolute atomic E-state index is 0.0944. The molecule has 2 aromatic rings. The largest absolute Gasteiger partial charge is 0.457 e. The number of carbonyl (C=O) groups is 3. The van der Waals surface area contributed by atoms with Crippen molar-refractivity contribution in [3.8, 4) is 0 Å². The summed E-state index contributed by atoms with van der Waals surface area (Å²) in [5.41, 5.74) is 3.20. The van der Waals surface area contributed by atoms with Crippen LogP contribution in [0.25, 0.3) is 0 Å². The van der Waals surface area contributed by atoms with Crippen molar-refractivity contribution in [2.75, 3.05) is 6.61 Å². The summed E-state index contributed by atoms with van der Waals surface area (Å²) in [7, 11) is 0. The minimum Gasteiger partial charge on any atom is -0.457 e. The zero-order valence-corrected chi connectivity index (χ0v) is 14.2. The van der Waals surface area contributed by atoms with Gasteiger partial charge in [-0.1, -0.05) is 0 Å². The molecule has 0 aliphatic heterocycles. The molecule has 0 fully saturated rings. The van der Waals surface area contributed by atoms with Crippen molar-refractivity contribution >= 4 is 28.9 Å². The molecular formula is C17H19NO4S. The van der Waals surface area contributed by atoms with Crippen molar-refractivity contribution in [2.45, 2.75) is 33.6 Å². The number of aryl methyl sites for hydroxylation is 2. The average Bonchev–Trinajstić information content (AvgIpc) is 3.10. The Morgan fingerprint density at radius 1 is 1.26 bits per heavy atom. The molecule has 0 bridgehead atoms. The number of hydrogen-bond donors (Lipinski definition) is 1. The van der Waals surface area contributed by atoms with Crippen LogP contribution in [-0.2, 0) is 16.0 Å². The number of aromatic amines is 1. The van der Waals surface area contributed by atoms with E-state index in [0.717, 1.165) is 5.56 Å². The number of rotatable bonds is 7. The highest BCUT2D eigenvalue weighted by atomic mass is 32.1. The first-order chi connectivity index (χ1) is 10.9. The Bertz CT molecular complexity index is 728. The molecule has 0 spiro atoms. The third-order valence-electron chi connectivity index (χ3n) is 3.63. The molecular weight excluding hydrogens is 314 g/mol. The van der Waals surface area contributed by atoms with Gasteiger partial charge in [0.25, 0.3) is 0 Å². The number of thiophene rings is 1. The van der Waals surface area contributed by atoms with Crippen molar-refractivity contribution in [3.63, 3.8) is 0 Å². The molecule has 23 heavy (non-hydrogen) atoms. The molecule has 2 heterocycles. The summed E-state index contributed by atoms with van der Waals surface area (Å²) in [6, 6.07) is 1.96. The maximum absolute atomic E-state index is 12.2. The van der Waals surface area contributed by atoms with Crippen LogP contribution in [0.3, 0.4) is 0 Å². The van der Waals surface area contributed by atoms with E-state index in [2.05, 4.69) is 4.98 Å². The van der Waals surface area contributed by atoms with Crippen LogP contribution in [0.5, 0.6) is 0 Å². The summed E-state index contributed by atoms with van der Waals surface area (Å²) in [5, 5.41) is 3.93. The third-order valence-corrected chi connectivity index (χ3v) is 4.36. The van der Waals surface area contributed by atoms with Gasteiger partial charge in [-0.05, 0) is 55.1 Å². The normalized spacial score (nSPS) is 10.6.